The molecule has 0 aliphatic heterocycles. The van der Waals surface area contributed by atoms with Gasteiger partial charge in [-0.05, 0) is 86.0 Å². The average Bonchev–Trinajstić information content (AvgIpc) is 3.01. The van der Waals surface area contributed by atoms with Gasteiger partial charge in [0.1, 0.15) is 18.0 Å². The highest BCUT2D eigenvalue weighted by Gasteiger charge is 2.27. The largest absolute Gasteiger partial charge is 0.494 e. The van der Waals surface area contributed by atoms with Gasteiger partial charge in [0.25, 0.3) is 21.8 Å². The monoisotopic (exact) mass is 592 g/mol. The van der Waals surface area contributed by atoms with Crippen molar-refractivity contribution in [3.05, 3.63) is 84.4 Å². The number of carbonyl (C=O) groups is 2. The second-order valence-corrected chi connectivity index (χ2v) is 11.7. The molecular formula is C31H36N4O6S. The second kappa shape index (κ2) is 15.0. The summed E-state index contributed by atoms with van der Waals surface area (Å²) in [7, 11) is -4.06. The van der Waals surface area contributed by atoms with Crippen LogP contribution in [0.15, 0.2) is 88.9 Å². The lowest BCUT2D eigenvalue weighted by molar-refractivity contribution is -0.124. The second-order valence-electron chi connectivity index (χ2n) is 9.80. The van der Waals surface area contributed by atoms with Crippen LogP contribution in [0.4, 0.5) is 5.69 Å². The Morgan fingerprint density at radius 1 is 0.881 bits per heavy atom. The van der Waals surface area contributed by atoms with E-state index in [1.165, 1.54) is 24.8 Å². The van der Waals surface area contributed by atoms with Gasteiger partial charge in [-0.15, -0.1) is 0 Å². The summed E-state index contributed by atoms with van der Waals surface area (Å²) < 4.78 is 39.0. The Labute approximate surface area is 246 Å². The third-order valence-corrected chi connectivity index (χ3v) is 8.47. The Bertz CT molecular complexity index is 1440. The van der Waals surface area contributed by atoms with Crippen LogP contribution in [-0.4, -0.2) is 52.2 Å². The van der Waals surface area contributed by atoms with Crippen LogP contribution in [0.3, 0.4) is 0 Å². The maximum Gasteiger partial charge on any atom is 0.264 e. The van der Waals surface area contributed by atoms with Gasteiger partial charge in [0.05, 0.1) is 23.4 Å². The van der Waals surface area contributed by atoms with Crippen LogP contribution >= 0.6 is 0 Å². The lowest BCUT2D eigenvalue weighted by Gasteiger charge is -2.23. The summed E-state index contributed by atoms with van der Waals surface area (Å²) in [5.74, 6) is 0.334. The quantitative estimate of drug-likeness (QED) is 0.226. The van der Waals surface area contributed by atoms with Gasteiger partial charge in [0, 0.05) is 6.04 Å². The third-order valence-electron chi connectivity index (χ3n) is 6.68. The molecule has 1 fully saturated rings. The van der Waals surface area contributed by atoms with Crippen molar-refractivity contribution < 1.29 is 27.5 Å². The summed E-state index contributed by atoms with van der Waals surface area (Å²) in [5, 5.41) is 6.99. The fourth-order valence-corrected chi connectivity index (χ4v) is 5.99. The van der Waals surface area contributed by atoms with Crippen LogP contribution < -0.4 is 24.5 Å². The highest BCUT2D eigenvalue weighted by Crippen LogP contribution is 2.25. The summed E-state index contributed by atoms with van der Waals surface area (Å²) in [6, 6.07) is 21.5. The zero-order chi connectivity index (χ0) is 29.8. The van der Waals surface area contributed by atoms with Crippen LogP contribution in [0.25, 0.3) is 0 Å². The molecule has 0 unspecified atom stereocenters. The molecule has 3 aromatic rings. The maximum atomic E-state index is 13.5. The Balaban J connectivity index is 1.32. The fourth-order valence-electron chi connectivity index (χ4n) is 4.57. The Morgan fingerprint density at radius 3 is 2.19 bits per heavy atom. The molecule has 11 heteroatoms. The Hall–Kier alpha value is -4.38. The van der Waals surface area contributed by atoms with Crippen LogP contribution in [0.1, 0.15) is 44.6 Å². The smallest absolute Gasteiger partial charge is 0.264 e. The minimum atomic E-state index is -4.06. The maximum absolute atomic E-state index is 13.5. The van der Waals surface area contributed by atoms with Crippen molar-refractivity contribution in [3.8, 4) is 11.5 Å². The van der Waals surface area contributed by atoms with Gasteiger partial charge >= 0.3 is 0 Å². The number of nitrogens with one attached hydrogen (secondary N) is 2. The molecule has 0 radical (unpaired) electrons. The number of hydrogen-bond donors (Lipinski definition) is 2. The molecule has 1 saturated carbocycles. The molecular weight excluding hydrogens is 556 g/mol. The number of para-hydroxylation sites is 1. The molecule has 0 bridgehead atoms. The van der Waals surface area contributed by atoms with Gasteiger partial charge in [0.15, 0.2) is 6.61 Å². The van der Waals surface area contributed by atoms with Crippen molar-refractivity contribution in [1.82, 2.24) is 10.7 Å². The predicted octanol–water partition coefficient (Wildman–Crippen LogP) is 4.26. The van der Waals surface area contributed by atoms with Crippen LogP contribution in [-0.2, 0) is 19.6 Å². The van der Waals surface area contributed by atoms with E-state index in [-0.39, 0.29) is 23.5 Å². The van der Waals surface area contributed by atoms with Gasteiger partial charge < -0.3 is 14.8 Å². The van der Waals surface area contributed by atoms with E-state index in [1.54, 1.807) is 66.7 Å². The van der Waals surface area contributed by atoms with Crippen molar-refractivity contribution in [2.75, 3.05) is 24.1 Å². The van der Waals surface area contributed by atoms with E-state index in [0.29, 0.717) is 29.4 Å². The summed E-state index contributed by atoms with van der Waals surface area (Å²) in [4.78, 5) is 25.0. The molecule has 2 N–H and O–H groups in total. The van der Waals surface area contributed by atoms with E-state index < -0.39 is 22.5 Å². The third kappa shape index (κ3) is 8.81. The zero-order valence-electron chi connectivity index (χ0n) is 23.6. The fraction of sp³-hybridized carbons (Fsp3) is 0.323. The number of anilines is 1. The van der Waals surface area contributed by atoms with Gasteiger partial charge in [0.2, 0.25) is 0 Å². The Kier molecular flexibility index (Phi) is 10.9. The zero-order valence-corrected chi connectivity index (χ0v) is 24.4. The van der Waals surface area contributed by atoms with Crippen LogP contribution in [0.2, 0.25) is 0 Å². The molecule has 0 heterocycles. The summed E-state index contributed by atoms with van der Waals surface area (Å²) in [6.45, 7) is 1.76. The molecule has 2 amide bonds. The lowest BCUT2D eigenvalue weighted by atomic mass is 9.95. The molecule has 42 heavy (non-hydrogen) atoms. The number of hydrogen-bond acceptors (Lipinski definition) is 7. The number of sulfonamides is 1. The minimum Gasteiger partial charge on any atom is -0.494 e. The van der Waals surface area contributed by atoms with E-state index in [4.69, 9.17) is 9.47 Å². The molecule has 1 aliphatic rings. The normalized spacial score (nSPS) is 13.8. The number of hydrazone groups is 1. The van der Waals surface area contributed by atoms with Crippen molar-refractivity contribution in [3.63, 3.8) is 0 Å². The topological polar surface area (TPSA) is 126 Å². The van der Waals surface area contributed by atoms with Crippen molar-refractivity contribution >= 4 is 33.7 Å². The van der Waals surface area contributed by atoms with E-state index in [0.717, 1.165) is 30.0 Å². The van der Waals surface area contributed by atoms with Crippen molar-refractivity contribution in [2.45, 2.75) is 50.0 Å². The van der Waals surface area contributed by atoms with Gasteiger partial charge in [-0.3, -0.25) is 13.9 Å². The molecule has 0 spiro atoms. The molecule has 222 valence electrons. The SMILES string of the molecule is CCOc1ccc(S(=O)(=O)N(CC(=O)N/N=C\c2ccc(OCC(=O)NC3CCCCC3)cc2)c2ccccc2)cc1. The standard InChI is InChI=1S/C31H36N4O6S/c1-2-40-27-17-19-29(20-18-27)42(38,39)35(26-11-7-4-8-12-26)22-30(36)34-32-21-24-13-15-28(16-14-24)41-23-31(37)33-25-9-5-3-6-10-25/h4,7-8,11-21,25H,2-3,5-6,9-10,22-23H2,1H3,(H,33,37)(H,34,36)/b32-21-. The van der Waals surface area contributed by atoms with Gasteiger partial charge in [-0.1, -0.05) is 37.5 Å². The first-order chi connectivity index (χ1) is 20.3. The highest BCUT2D eigenvalue weighted by atomic mass is 32.2. The highest BCUT2D eigenvalue weighted by molar-refractivity contribution is 7.92. The average molecular weight is 593 g/mol. The summed E-state index contributed by atoms with van der Waals surface area (Å²) >= 11 is 0. The first kappa shape index (κ1) is 30.6. The molecule has 0 atom stereocenters. The number of nitrogens with zero attached hydrogens (tertiary/aromatic N) is 2. The first-order valence-corrected chi connectivity index (χ1v) is 15.4. The summed E-state index contributed by atoms with van der Waals surface area (Å²) in [5.41, 5.74) is 3.41. The lowest BCUT2D eigenvalue weighted by Crippen LogP contribution is -2.39. The van der Waals surface area contributed by atoms with Gasteiger partial charge in [-0.2, -0.15) is 5.10 Å². The van der Waals surface area contributed by atoms with E-state index in [9.17, 15) is 18.0 Å². The number of amides is 2. The molecule has 3 aromatic carbocycles. The van der Waals surface area contributed by atoms with Crippen LogP contribution in [0, 0.1) is 0 Å². The number of carbonyl (C=O) groups excluding carboxylic acids is 2. The van der Waals surface area contributed by atoms with E-state index >= 15 is 0 Å². The molecule has 0 aromatic heterocycles. The van der Waals surface area contributed by atoms with Crippen molar-refractivity contribution in [1.29, 1.82) is 0 Å². The number of rotatable bonds is 13. The minimum absolute atomic E-state index is 0.0277. The number of ether oxygens (including phenoxy) is 2. The summed E-state index contributed by atoms with van der Waals surface area (Å²) in [6.07, 6.45) is 6.97. The van der Waals surface area contributed by atoms with E-state index in [1.807, 2.05) is 6.92 Å². The van der Waals surface area contributed by atoms with E-state index in [2.05, 4.69) is 15.8 Å². The van der Waals surface area contributed by atoms with Crippen molar-refractivity contribution in [2.24, 2.45) is 5.10 Å². The van der Waals surface area contributed by atoms with Gasteiger partial charge in [-0.25, -0.2) is 13.8 Å². The Morgan fingerprint density at radius 2 is 1.52 bits per heavy atom. The predicted molar refractivity (Wildman–Crippen MR) is 161 cm³/mol. The molecule has 10 nitrogen and oxygen atoms in total. The molecule has 4 rings (SSSR count). The molecule has 1 aliphatic carbocycles. The molecule has 0 saturated heterocycles. The first-order valence-electron chi connectivity index (χ1n) is 14.0. The van der Waals surface area contributed by atoms with Crippen LogP contribution in [0.5, 0.6) is 11.5 Å². The number of benzene rings is 3.